The average molecular weight is 325 g/mol. The zero-order valence-electron chi connectivity index (χ0n) is 12.6. The molecule has 1 aliphatic rings. The molecule has 1 amide bonds. The van der Waals surface area contributed by atoms with Crippen LogP contribution in [0.3, 0.4) is 0 Å². The van der Waals surface area contributed by atoms with E-state index in [1.165, 1.54) is 11.8 Å². The molecule has 0 spiro atoms. The third-order valence-corrected chi connectivity index (χ3v) is 3.87. The molecule has 1 aliphatic heterocycles. The summed E-state index contributed by atoms with van der Waals surface area (Å²) in [4.78, 5) is 24.1. The van der Waals surface area contributed by atoms with Gasteiger partial charge >= 0.3 is 5.97 Å². The number of hydrogen-bond acceptors (Lipinski definition) is 6. The number of rotatable bonds is 6. The van der Waals surface area contributed by atoms with E-state index in [9.17, 15) is 9.59 Å². The molecule has 6 nitrogen and oxygen atoms in total. The Bertz CT molecular complexity index is 549. The van der Waals surface area contributed by atoms with Gasteiger partial charge in [0.1, 0.15) is 13.2 Å². The third kappa shape index (κ3) is 4.56. The Morgan fingerprint density at radius 2 is 2.05 bits per heavy atom. The first-order valence-electron chi connectivity index (χ1n) is 7.09. The lowest BCUT2D eigenvalue weighted by Crippen LogP contribution is -2.35. The van der Waals surface area contributed by atoms with Gasteiger partial charge in [-0.25, -0.2) is 0 Å². The Kier molecular flexibility index (Phi) is 5.94. The van der Waals surface area contributed by atoms with Crippen LogP contribution in [0.4, 0.5) is 0 Å². The predicted octanol–water partition coefficient (Wildman–Crippen LogP) is 1.62. The number of ether oxygens (including phenoxy) is 3. The minimum absolute atomic E-state index is 0.128. The Hall–Kier alpha value is -1.89. The van der Waals surface area contributed by atoms with Crippen LogP contribution in [0.5, 0.6) is 11.5 Å². The maximum atomic E-state index is 11.7. The van der Waals surface area contributed by atoms with E-state index in [1.807, 2.05) is 25.1 Å². The molecule has 0 fully saturated rings. The summed E-state index contributed by atoms with van der Waals surface area (Å²) in [6.45, 7) is 4.94. The molecule has 0 unspecified atom stereocenters. The highest BCUT2D eigenvalue weighted by atomic mass is 32.2. The Morgan fingerprint density at radius 1 is 1.32 bits per heavy atom. The molecule has 1 heterocycles. The molecule has 1 aromatic rings. The van der Waals surface area contributed by atoms with Crippen molar-refractivity contribution in [3.63, 3.8) is 0 Å². The van der Waals surface area contributed by atoms with Crippen molar-refractivity contribution in [3.05, 3.63) is 18.2 Å². The second-order valence-electron chi connectivity index (χ2n) is 4.62. The van der Waals surface area contributed by atoms with E-state index in [2.05, 4.69) is 5.32 Å². The van der Waals surface area contributed by atoms with Gasteiger partial charge in [-0.15, -0.1) is 11.8 Å². The van der Waals surface area contributed by atoms with Crippen molar-refractivity contribution in [2.45, 2.75) is 24.8 Å². The van der Waals surface area contributed by atoms with Crippen LogP contribution in [0.15, 0.2) is 23.1 Å². The van der Waals surface area contributed by atoms with Crippen molar-refractivity contribution in [1.29, 1.82) is 0 Å². The fraction of sp³-hybridized carbons (Fsp3) is 0.467. The Balaban J connectivity index is 1.82. The van der Waals surface area contributed by atoms with Gasteiger partial charge in [0.15, 0.2) is 17.6 Å². The van der Waals surface area contributed by atoms with Crippen LogP contribution in [0.25, 0.3) is 0 Å². The molecule has 120 valence electrons. The molecular formula is C15H19NO5S. The maximum absolute atomic E-state index is 11.7. The van der Waals surface area contributed by atoms with Crippen LogP contribution in [-0.4, -0.2) is 43.5 Å². The molecule has 1 aromatic carbocycles. The SMILES string of the molecule is CCNC(=O)[C@H](C)OC(=O)CSc1ccc2c(c1)OCCO2. The molecule has 0 saturated carbocycles. The lowest BCUT2D eigenvalue weighted by Gasteiger charge is -2.18. The van der Waals surface area contributed by atoms with Crippen LogP contribution >= 0.6 is 11.8 Å². The van der Waals surface area contributed by atoms with Gasteiger partial charge in [0.2, 0.25) is 0 Å². The van der Waals surface area contributed by atoms with Crippen molar-refractivity contribution >= 4 is 23.6 Å². The molecular weight excluding hydrogens is 306 g/mol. The van der Waals surface area contributed by atoms with Crippen molar-refractivity contribution in [2.24, 2.45) is 0 Å². The van der Waals surface area contributed by atoms with Gasteiger partial charge in [0, 0.05) is 11.4 Å². The van der Waals surface area contributed by atoms with Gasteiger partial charge in [-0.2, -0.15) is 0 Å². The van der Waals surface area contributed by atoms with Crippen LogP contribution in [0.2, 0.25) is 0 Å². The Labute approximate surface area is 133 Å². The zero-order valence-corrected chi connectivity index (χ0v) is 13.4. The molecule has 7 heteroatoms. The number of carbonyl (C=O) groups is 2. The highest BCUT2D eigenvalue weighted by Crippen LogP contribution is 2.34. The van der Waals surface area contributed by atoms with E-state index in [0.717, 1.165) is 4.90 Å². The highest BCUT2D eigenvalue weighted by Gasteiger charge is 2.17. The molecule has 22 heavy (non-hydrogen) atoms. The second-order valence-corrected chi connectivity index (χ2v) is 5.67. The molecule has 0 bridgehead atoms. The summed E-state index contributed by atoms with van der Waals surface area (Å²) in [6.07, 6.45) is -0.784. The molecule has 0 radical (unpaired) electrons. The van der Waals surface area contributed by atoms with Gasteiger partial charge in [-0.05, 0) is 32.0 Å². The summed E-state index contributed by atoms with van der Waals surface area (Å²) < 4.78 is 16.0. The van der Waals surface area contributed by atoms with E-state index < -0.39 is 12.1 Å². The third-order valence-electron chi connectivity index (χ3n) is 2.90. The van der Waals surface area contributed by atoms with E-state index >= 15 is 0 Å². The quantitative estimate of drug-likeness (QED) is 0.633. The number of likely N-dealkylation sites (N-methyl/N-ethyl adjacent to an activating group) is 1. The lowest BCUT2D eigenvalue weighted by molar-refractivity contribution is -0.152. The minimum Gasteiger partial charge on any atom is -0.486 e. The fourth-order valence-electron chi connectivity index (χ4n) is 1.86. The van der Waals surface area contributed by atoms with Gasteiger partial charge in [0.25, 0.3) is 5.91 Å². The second kappa shape index (κ2) is 7.93. The summed E-state index contributed by atoms with van der Waals surface area (Å²) in [6, 6.07) is 5.51. The molecule has 0 saturated heterocycles. The highest BCUT2D eigenvalue weighted by molar-refractivity contribution is 8.00. The van der Waals surface area contributed by atoms with Crippen LogP contribution < -0.4 is 14.8 Å². The average Bonchev–Trinajstić information content (AvgIpc) is 2.53. The van der Waals surface area contributed by atoms with Gasteiger partial charge < -0.3 is 19.5 Å². The molecule has 2 rings (SSSR count). The summed E-state index contributed by atoms with van der Waals surface area (Å²) in [5.74, 6) is 0.797. The maximum Gasteiger partial charge on any atom is 0.317 e. The summed E-state index contributed by atoms with van der Waals surface area (Å²) >= 11 is 1.33. The molecule has 0 aromatic heterocycles. The van der Waals surface area contributed by atoms with Crippen molar-refractivity contribution in [3.8, 4) is 11.5 Å². The van der Waals surface area contributed by atoms with E-state index in [1.54, 1.807) is 6.92 Å². The number of hydrogen-bond donors (Lipinski definition) is 1. The first kappa shape index (κ1) is 16.5. The molecule has 1 N–H and O–H groups in total. The van der Waals surface area contributed by atoms with E-state index in [0.29, 0.717) is 31.3 Å². The lowest BCUT2D eigenvalue weighted by atomic mass is 10.3. The van der Waals surface area contributed by atoms with Gasteiger partial charge in [-0.3, -0.25) is 9.59 Å². The Morgan fingerprint density at radius 3 is 2.77 bits per heavy atom. The first-order chi connectivity index (χ1) is 10.6. The standard InChI is InChI=1S/C15H19NO5S/c1-3-16-15(18)10(2)21-14(17)9-22-11-4-5-12-13(8-11)20-7-6-19-12/h4-5,8,10H,3,6-7,9H2,1-2H3,(H,16,18)/t10-/m0/s1. The summed E-state index contributed by atoms with van der Waals surface area (Å²) in [5, 5.41) is 2.61. The van der Waals surface area contributed by atoms with Crippen LogP contribution in [0, 0.1) is 0 Å². The first-order valence-corrected chi connectivity index (χ1v) is 8.08. The number of amides is 1. The van der Waals surface area contributed by atoms with Crippen molar-refractivity contribution in [2.75, 3.05) is 25.5 Å². The normalized spacial score (nSPS) is 14.1. The van der Waals surface area contributed by atoms with E-state index in [4.69, 9.17) is 14.2 Å². The zero-order chi connectivity index (χ0) is 15.9. The summed E-state index contributed by atoms with van der Waals surface area (Å²) in [7, 11) is 0. The number of fused-ring (bicyclic) bond motifs is 1. The predicted molar refractivity (Wildman–Crippen MR) is 82.4 cm³/mol. The molecule has 1 atom stereocenters. The van der Waals surface area contributed by atoms with Crippen molar-refractivity contribution in [1.82, 2.24) is 5.32 Å². The molecule has 0 aliphatic carbocycles. The number of esters is 1. The van der Waals surface area contributed by atoms with E-state index in [-0.39, 0.29) is 11.7 Å². The topological polar surface area (TPSA) is 73.9 Å². The number of benzene rings is 1. The van der Waals surface area contributed by atoms with Crippen LogP contribution in [-0.2, 0) is 14.3 Å². The minimum atomic E-state index is -0.784. The number of nitrogens with one attached hydrogen (secondary N) is 1. The summed E-state index contributed by atoms with van der Waals surface area (Å²) in [5.41, 5.74) is 0. The van der Waals surface area contributed by atoms with Crippen LogP contribution in [0.1, 0.15) is 13.8 Å². The monoisotopic (exact) mass is 325 g/mol. The van der Waals surface area contributed by atoms with Crippen molar-refractivity contribution < 1.29 is 23.8 Å². The number of thioether (sulfide) groups is 1. The fourth-order valence-corrected chi connectivity index (χ4v) is 2.57. The number of carbonyl (C=O) groups excluding carboxylic acids is 2. The van der Waals surface area contributed by atoms with Gasteiger partial charge in [-0.1, -0.05) is 0 Å². The van der Waals surface area contributed by atoms with Gasteiger partial charge in [0.05, 0.1) is 5.75 Å². The largest absolute Gasteiger partial charge is 0.486 e. The smallest absolute Gasteiger partial charge is 0.317 e.